The molecule has 0 fully saturated rings. The summed E-state index contributed by atoms with van der Waals surface area (Å²) in [6.07, 6.45) is 0.351. The molecule has 0 aromatic heterocycles. The third-order valence-electron chi connectivity index (χ3n) is 6.31. The molecule has 2 atom stereocenters. The van der Waals surface area contributed by atoms with Crippen molar-refractivity contribution in [3.8, 4) is 0 Å². The van der Waals surface area contributed by atoms with Crippen molar-refractivity contribution < 1.29 is 32.3 Å². The van der Waals surface area contributed by atoms with Crippen LogP contribution in [-0.2, 0) is 40.0 Å². The summed E-state index contributed by atoms with van der Waals surface area (Å²) in [4.78, 5) is 37.5. The second-order valence-corrected chi connectivity index (χ2v) is 9.76. The number of rotatable bonds is 5. The van der Waals surface area contributed by atoms with Gasteiger partial charge in [-0.15, -0.1) is 0 Å². The van der Waals surface area contributed by atoms with Gasteiger partial charge in [-0.2, -0.15) is 0 Å². The molecule has 0 spiro atoms. The van der Waals surface area contributed by atoms with Gasteiger partial charge in [-0.05, 0) is 65.1 Å². The summed E-state index contributed by atoms with van der Waals surface area (Å²) in [7, 11) is 0. The maximum absolute atomic E-state index is 14.7. The summed E-state index contributed by atoms with van der Waals surface area (Å²) in [5.41, 5.74) is 8.24. The Kier molecular flexibility index (Phi) is 8.57. The number of hydrogen-bond donors (Lipinski definition) is 5. The van der Waals surface area contributed by atoms with Crippen molar-refractivity contribution in [1.29, 1.82) is 0 Å². The van der Waals surface area contributed by atoms with Crippen molar-refractivity contribution in [1.82, 2.24) is 5.32 Å². The lowest BCUT2D eigenvalue weighted by molar-refractivity contribution is -0.122. The molecule has 3 aromatic carbocycles. The minimum atomic E-state index is -2.37. The Bertz CT molecular complexity index is 1460. The molecule has 10 nitrogen and oxygen atoms in total. The van der Waals surface area contributed by atoms with Crippen molar-refractivity contribution in [2.45, 2.75) is 37.2 Å². The quantitative estimate of drug-likeness (QED) is 0.301. The molecule has 0 radical (unpaired) electrons. The zero-order chi connectivity index (χ0) is 28.1. The van der Waals surface area contributed by atoms with Gasteiger partial charge >= 0.3 is 6.09 Å². The molecule has 5 rings (SSSR count). The number of ether oxygens (including phenoxy) is 1. The maximum Gasteiger partial charge on any atom is 0.411 e. The van der Waals surface area contributed by atoms with Crippen molar-refractivity contribution in [3.63, 3.8) is 0 Å². The number of primary amides is 1. The summed E-state index contributed by atoms with van der Waals surface area (Å²) in [5, 5.41) is 8.19. The molecule has 0 saturated heterocycles. The first-order chi connectivity index (χ1) is 18.7. The van der Waals surface area contributed by atoms with E-state index in [4.69, 9.17) is 10.5 Å². The third kappa shape index (κ3) is 6.59. The van der Waals surface area contributed by atoms with Crippen LogP contribution in [0.4, 0.5) is 20.6 Å². The standard InChI is InChI=1S/C27H27FN4O6S/c1-2-15-11-17-4-3-16(15)9-10-38-27(35)31-20-6-8-23(39(36)37)19(12-20)14-30-26(34)24(17)32-22-13-18(25(29)33)5-7-21(22)28/h3-8,11-13,24,32H,2,9-10,14H2,1H3,(H2,29,33)(H,30,34)(H,31,35)(H,36,37). The average molecular weight is 555 g/mol. The van der Waals surface area contributed by atoms with E-state index < -0.39 is 40.8 Å². The molecule has 3 aromatic rings. The monoisotopic (exact) mass is 554 g/mol. The van der Waals surface area contributed by atoms with Gasteiger partial charge < -0.3 is 25.7 Å². The first kappa shape index (κ1) is 27.7. The molecule has 0 aliphatic carbocycles. The Hall–Kier alpha value is -4.29. The lowest BCUT2D eigenvalue weighted by Crippen LogP contribution is -2.34. The van der Waals surface area contributed by atoms with Crippen LogP contribution < -0.4 is 21.7 Å². The molecule has 0 saturated carbocycles. The Labute approximate surface area is 226 Å². The Morgan fingerprint density at radius 2 is 1.95 bits per heavy atom. The highest BCUT2D eigenvalue weighted by Crippen LogP contribution is 2.27. The zero-order valence-corrected chi connectivity index (χ0v) is 21.8. The topological polar surface area (TPSA) is 160 Å². The van der Waals surface area contributed by atoms with Gasteiger partial charge in [0.05, 0.1) is 17.2 Å². The second-order valence-electron chi connectivity index (χ2n) is 8.82. The number of carbonyl (C=O) groups is 3. The third-order valence-corrected chi connectivity index (χ3v) is 7.08. The van der Waals surface area contributed by atoms with Gasteiger partial charge in [0.25, 0.3) is 0 Å². The normalized spacial score (nSPS) is 16.5. The van der Waals surface area contributed by atoms with E-state index >= 15 is 0 Å². The van der Waals surface area contributed by atoms with Gasteiger partial charge in [0.1, 0.15) is 11.9 Å². The molecule has 2 aliphatic heterocycles. The number of benzene rings is 3. The first-order valence-electron chi connectivity index (χ1n) is 12.1. The van der Waals surface area contributed by atoms with Gasteiger partial charge in [0, 0.05) is 24.2 Å². The number of halogens is 1. The van der Waals surface area contributed by atoms with Gasteiger partial charge in [-0.3, -0.25) is 14.9 Å². The van der Waals surface area contributed by atoms with Crippen LogP contribution in [0.3, 0.4) is 0 Å². The molecular weight excluding hydrogens is 527 g/mol. The molecule has 2 heterocycles. The van der Waals surface area contributed by atoms with E-state index in [9.17, 15) is 27.5 Å². The predicted molar refractivity (Wildman–Crippen MR) is 143 cm³/mol. The summed E-state index contributed by atoms with van der Waals surface area (Å²) in [6, 6.07) is 12.1. The number of hydrogen-bond acceptors (Lipinski definition) is 6. The van der Waals surface area contributed by atoms with E-state index in [1.54, 1.807) is 6.07 Å². The van der Waals surface area contributed by atoms with Crippen molar-refractivity contribution in [2.24, 2.45) is 5.73 Å². The summed E-state index contributed by atoms with van der Waals surface area (Å²) in [5.74, 6) is -2.00. The fourth-order valence-corrected chi connectivity index (χ4v) is 4.84. The van der Waals surface area contributed by atoms with Crippen molar-refractivity contribution in [3.05, 3.63) is 88.2 Å². The number of nitrogens with one attached hydrogen (secondary N) is 3. The molecular formula is C27H27FN4O6S. The molecule has 39 heavy (non-hydrogen) atoms. The minimum Gasteiger partial charge on any atom is -0.449 e. The van der Waals surface area contributed by atoms with Crippen LogP contribution >= 0.6 is 0 Å². The van der Waals surface area contributed by atoms with Crippen LogP contribution in [0.25, 0.3) is 0 Å². The Balaban J connectivity index is 1.77. The van der Waals surface area contributed by atoms with E-state index in [2.05, 4.69) is 16.0 Å². The van der Waals surface area contributed by atoms with Crippen molar-refractivity contribution >= 4 is 40.4 Å². The lowest BCUT2D eigenvalue weighted by atomic mass is 9.95. The van der Waals surface area contributed by atoms with Crippen LogP contribution in [0.2, 0.25) is 0 Å². The first-order valence-corrected chi connectivity index (χ1v) is 13.2. The van der Waals surface area contributed by atoms with Crippen LogP contribution in [0.1, 0.15) is 45.6 Å². The molecule has 204 valence electrons. The van der Waals surface area contributed by atoms with E-state index in [0.29, 0.717) is 24.1 Å². The van der Waals surface area contributed by atoms with Crippen LogP contribution in [0, 0.1) is 5.82 Å². The fourth-order valence-electron chi connectivity index (χ4n) is 4.30. The largest absolute Gasteiger partial charge is 0.449 e. The highest BCUT2D eigenvalue weighted by atomic mass is 32.2. The number of anilines is 2. The van der Waals surface area contributed by atoms with E-state index in [1.165, 1.54) is 30.3 Å². The highest BCUT2D eigenvalue weighted by Gasteiger charge is 2.24. The van der Waals surface area contributed by atoms with Gasteiger partial charge in [0.15, 0.2) is 11.1 Å². The number of amides is 3. The van der Waals surface area contributed by atoms with Crippen LogP contribution in [0.15, 0.2) is 59.5 Å². The van der Waals surface area contributed by atoms with Gasteiger partial charge in [-0.25, -0.2) is 13.4 Å². The summed E-state index contributed by atoms with van der Waals surface area (Å²) >= 11 is -2.37. The van der Waals surface area contributed by atoms with Crippen molar-refractivity contribution in [2.75, 3.05) is 17.2 Å². The predicted octanol–water partition coefficient (Wildman–Crippen LogP) is 3.64. The highest BCUT2D eigenvalue weighted by molar-refractivity contribution is 7.79. The van der Waals surface area contributed by atoms with E-state index in [1.807, 2.05) is 19.1 Å². The SMILES string of the molecule is CCc1cc2ccc1CCOC(=O)Nc1ccc(S(=O)O)c(c1)CNC(=O)C2Nc1cc(C(N)=O)ccc1F. The number of fused-ring (bicyclic) bond motifs is 9. The van der Waals surface area contributed by atoms with Crippen LogP contribution in [0.5, 0.6) is 0 Å². The maximum atomic E-state index is 14.7. The summed E-state index contributed by atoms with van der Waals surface area (Å²) in [6.45, 7) is 1.86. The zero-order valence-electron chi connectivity index (χ0n) is 21.0. The molecule has 12 heteroatoms. The summed E-state index contributed by atoms with van der Waals surface area (Å²) < 4.78 is 41.7. The van der Waals surface area contributed by atoms with E-state index in [0.717, 1.165) is 17.2 Å². The molecule has 2 aliphatic rings. The smallest absolute Gasteiger partial charge is 0.411 e. The Morgan fingerprint density at radius 3 is 2.67 bits per heavy atom. The lowest BCUT2D eigenvalue weighted by Gasteiger charge is -2.23. The molecule has 6 N–H and O–H groups in total. The Morgan fingerprint density at radius 1 is 1.15 bits per heavy atom. The fraction of sp³-hybridized carbons (Fsp3) is 0.222. The molecule has 3 amide bonds. The van der Waals surface area contributed by atoms with Crippen LogP contribution in [-0.4, -0.2) is 33.3 Å². The van der Waals surface area contributed by atoms with Gasteiger partial charge in [0.2, 0.25) is 11.8 Å². The minimum absolute atomic E-state index is 0.0395. The molecule has 4 bridgehead atoms. The number of aryl methyl sites for hydroxylation is 1. The second kappa shape index (κ2) is 12.0. The average Bonchev–Trinajstić information content (AvgIpc) is 2.90. The number of nitrogens with two attached hydrogens (primary N) is 1. The molecule has 2 unspecified atom stereocenters. The van der Waals surface area contributed by atoms with E-state index in [-0.39, 0.29) is 34.9 Å². The van der Waals surface area contributed by atoms with Gasteiger partial charge in [-0.1, -0.05) is 25.1 Å². The number of carbonyl (C=O) groups excluding carboxylic acids is 3.